The van der Waals surface area contributed by atoms with Crippen LogP contribution in [0, 0.1) is 0 Å². The minimum absolute atomic E-state index is 0.00208. The highest BCUT2D eigenvalue weighted by Gasteiger charge is 2.16. The standard InChI is InChI=1S/C26H27NO5/c1-4-7-23-24(13-12-22(17(2)28)25(23)29)32-16-18-8-5-10-20(14-18)27-21-11-6-9-19(15-21)26(30)31-3/h5-6,8-15,27,29H,4,7,16H2,1-3H3. The van der Waals surface area contributed by atoms with Crippen molar-refractivity contribution >= 4 is 23.1 Å². The number of hydrogen-bond acceptors (Lipinski definition) is 6. The van der Waals surface area contributed by atoms with Gasteiger partial charge < -0.3 is 19.9 Å². The summed E-state index contributed by atoms with van der Waals surface area (Å²) in [6.07, 6.45) is 1.43. The Balaban J connectivity index is 1.75. The predicted octanol–water partition coefficient (Wildman–Crippen LogP) is 5.66. The molecule has 6 heteroatoms. The molecule has 3 aromatic carbocycles. The predicted molar refractivity (Wildman–Crippen MR) is 124 cm³/mol. The number of carbonyl (C=O) groups is 2. The zero-order chi connectivity index (χ0) is 23.1. The Hall–Kier alpha value is -3.80. The lowest BCUT2D eigenvalue weighted by molar-refractivity contribution is 0.0600. The quantitative estimate of drug-likeness (QED) is 0.335. The van der Waals surface area contributed by atoms with E-state index in [1.807, 2.05) is 37.3 Å². The Labute approximate surface area is 187 Å². The summed E-state index contributed by atoms with van der Waals surface area (Å²) in [5.74, 6) is -0.00424. The molecular weight excluding hydrogens is 406 g/mol. The van der Waals surface area contributed by atoms with Gasteiger partial charge in [-0.1, -0.05) is 31.5 Å². The maximum Gasteiger partial charge on any atom is 0.337 e. The average Bonchev–Trinajstić information content (AvgIpc) is 2.79. The molecular formula is C26H27NO5. The molecule has 3 rings (SSSR count). The highest BCUT2D eigenvalue weighted by atomic mass is 16.5. The summed E-state index contributed by atoms with van der Waals surface area (Å²) >= 11 is 0. The van der Waals surface area contributed by atoms with Crippen molar-refractivity contribution < 1.29 is 24.2 Å². The number of methoxy groups -OCH3 is 1. The molecule has 0 saturated heterocycles. The molecule has 0 aliphatic heterocycles. The van der Waals surface area contributed by atoms with Gasteiger partial charge in [0.25, 0.3) is 0 Å². The van der Waals surface area contributed by atoms with Crippen molar-refractivity contribution in [2.75, 3.05) is 12.4 Å². The number of esters is 1. The van der Waals surface area contributed by atoms with Crippen LogP contribution in [0.25, 0.3) is 0 Å². The lowest BCUT2D eigenvalue weighted by Crippen LogP contribution is -2.03. The molecule has 0 radical (unpaired) electrons. The molecule has 0 aliphatic carbocycles. The fourth-order valence-electron chi connectivity index (χ4n) is 3.44. The average molecular weight is 434 g/mol. The van der Waals surface area contributed by atoms with E-state index < -0.39 is 5.97 Å². The highest BCUT2D eigenvalue weighted by molar-refractivity contribution is 5.97. The molecule has 0 saturated carbocycles. The van der Waals surface area contributed by atoms with Gasteiger partial charge in [0.1, 0.15) is 18.1 Å². The second-order valence-electron chi connectivity index (χ2n) is 7.43. The third-order valence-electron chi connectivity index (χ3n) is 5.01. The molecule has 0 unspecified atom stereocenters. The normalized spacial score (nSPS) is 10.5. The third-order valence-corrected chi connectivity index (χ3v) is 5.01. The van der Waals surface area contributed by atoms with Gasteiger partial charge in [0.05, 0.1) is 18.2 Å². The van der Waals surface area contributed by atoms with Gasteiger partial charge in [-0.15, -0.1) is 0 Å². The Morgan fingerprint density at radius 1 is 1.00 bits per heavy atom. The Bertz CT molecular complexity index is 1120. The van der Waals surface area contributed by atoms with Crippen molar-refractivity contribution in [3.8, 4) is 11.5 Å². The Morgan fingerprint density at radius 3 is 2.41 bits per heavy atom. The number of phenolic OH excluding ortho intramolecular Hbond substituents is 1. The van der Waals surface area contributed by atoms with Crippen LogP contribution in [0.2, 0.25) is 0 Å². The first-order valence-electron chi connectivity index (χ1n) is 10.5. The molecule has 0 aliphatic rings. The minimum Gasteiger partial charge on any atom is -0.507 e. The van der Waals surface area contributed by atoms with E-state index in [9.17, 15) is 14.7 Å². The number of ketones is 1. The summed E-state index contributed by atoms with van der Waals surface area (Å²) in [6, 6.07) is 18.1. The molecule has 3 aromatic rings. The summed E-state index contributed by atoms with van der Waals surface area (Å²) in [4.78, 5) is 23.5. The van der Waals surface area contributed by atoms with Crippen molar-refractivity contribution in [1.82, 2.24) is 0 Å². The van der Waals surface area contributed by atoms with Crippen molar-refractivity contribution in [1.29, 1.82) is 0 Å². The second kappa shape index (κ2) is 10.5. The zero-order valence-electron chi connectivity index (χ0n) is 18.5. The van der Waals surface area contributed by atoms with Crippen LogP contribution < -0.4 is 10.1 Å². The summed E-state index contributed by atoms with van der Waals surface area (Å²) in [5, 5.41) is 13.8. The van der Waals surface area contributed by atoms with E-state index in [0.29, 0.717) is 35.5 Å². The van der Waals surface area contributed by atoms with Crippen LogP contribution in [0.15, 0.2) is 60.7 Å². The maximum atomic E-state index is 11.7. The number of aromatic hydroxyl groups is 1. The largest absolute Gasteiger partial charge is 0.507 e. The highest BCUT2D eigenvalue weighted by Crippen LogP contribution is 2.33. The molecule has 0 fully saturated rings. The van der Waals surface area contributed by atoms with E-state index in [1.165, 1.54) is 14.0 Å². The number of rotatable bonds is 9. The summed E-state index contributed by atoms with van der Waals surface area (Å²) in [5.41, 5.74) is 3.96. The fourth-order valence-corrected chi connectivity index (χ4v) is 3.44. The molecule has 0 aromatic heterocycles. The van der Waals surface area contributed by atoms with Gasteiger partial charge in [-0.25, -0.2) is 4.79 Å². The van der Waals surface area contributed by atoms with Crippen LogP contribution in [-0.2, 0) is 17.8 Å². The number of carbonyl (C=O) groups excluding carboxylic acids is 2. The van der Waals surface area contributed by atoms with Crippen LogP contribution in [0.5, 0.6) is 11.5 Å². The molecule has 2 N–H and O–H groups in total. The lowest BCUT2D eigenvalue weighted by Gasteiger charge is -2.15. The molecule has 0 heterocycles. The topological polar surface area (TPSA) is 84.9 Å². The van der Waals surface area contributed by atoms with Crippen molar-refractivity contribution in [2.45, 2.75) is 33.3 Å². The maximum absolute atomic E-state index is 11.7. The molecule has 166 valence electrons. The van der Waals surface area contributed by atoms with Crippen molar-refractivity contribution in [2.24, 2.45) is 0 Å². The number of phenols is 1. The molecule has 6 nitrogen and oxygen atoms in total. The Morgan fingerprint density at radius 2 is 1.72 bits per heavy atom. The monoisotopic (exact) mass is 433 g/mol. The van der Waals surface area contributed by atoms with Gasteiger partial charge >= 0.3 is 5.97 Å². The van der Waals surface area contributed by atoms with Crippen LogP contribution in [0.1, 0.15) is 52.1 Å². The molecule has 0 spiro atoms. The van der Waals surface area contributed by atoms with Gasteiger partial charge in [-0.05, 0) is 61.4 Å². The van der Waals surface area contributed by atoms with Crippen LogP contribution >= 0.6 is 0 Å². The van der Waals surface area contributed by atoms with E-state index in [2.05, 4.69) is 5.32 Å². The number of hydrogen-bond donors (Lipinski definition) is 2. The zero-order valence-corrected chi connectivity index (χ0v) is 18.5. The Kier molecular flexibility index (Phi) is 7.49. The van der Waals surface area contributed by atoms with Crippen LogP contribution in [0.3, 0.4) is 0 Å². The van der Waals surface area contributed by atoms with E-state index in [-0.39, 0.29) is 11.5 Å². The first kappa shape index (κ1) is 22.9. The van der Waals surface area contributed by atoms with E-state index in [4.69, 9.17) is 9.47 Å². The van der Waals surface area contributed by atoms with Gasteiger partial charge in [-0.2, -0.15) is 0 Å². The summed E-state index contributed by atoms with van der Waals surface area (Å²) in [7, 11) is 1.35. The van der Waals surface area contributed by atoms with Gasteiger partial charge in [0, 0.05) is 16.9 Å². The SMILES string of the molecule is CCCc1c(OCc2cccc(Nc3cccc(C(=O)OC)c3)c2)ccc(C(C)=O)c1O. The van der Waals surface area contributed by atoms with Gasteiger partial charge in [0.2, 0.25) is 0 Å². The number of benzene rings is 3. The molecule has 32 heavy (non-hydrogen) atoms. The third kappa shape index (κ3) is 5.46. The molecule has 0 bridgehead atoms. The van der Waals surface area contributed by atoms with E-state index >= 15 is 0 Å². The first-order chi connectivity index (χ1) is 15.4. The van der Waals surface area contributed by atoms with Crippen molar-refractivity contribution in [3.05, 3.63) is 82.9 Å². The number of ether oxygens (including phenoxy) is 2. The lowest BCUT2D eigenvalue weighted by atomic mass is 10.0. The van der Waals surface area contributed by atoms with Gasteiger partial charge in [-0.3, -0.25) is 4.79 Å². The van der Waals surface area contributed by atoms with Crippen LogP contribution in [-0.4, -0.2) is 24.0 Å². The molecule has 0 atom stereocenters. The number of anilines is 2. The van der Waals surface area contributed by atoms with E-state index in [0.717, 1.165) is 23.4 Å². The van der Waals surface area contributed by atoms with Gasteiger partial charge in [0.15, 0.2) is 5.78 Å². The van der Waals surface area contributed by atoms with Crippen LogP contribution in [0.4, 0.5) is 11.4 Å². The molecule has 0 amide bonds. The summed E-state index contributed by atoms with van der Waals surface area (Å²) < 4.78 is 10.8. The van der Waals surface area contributed by atoms with E-state index in [1.54, 1.807) is 30.3 Å². The minimum atomic E-state index is -0.391. The van der Waals surface area contributed by atoms with Crippen molar-refractivity contribution in [3.63, 3.8) is 0 Å². The first-order valence-corrected chi connectivity index (χ1v) is 10.5. The second-order valence-corrected chi connectivity index (χ2v) is 7.43. The number of Topliss-reactive ketones (excluding diaryl/α,β-unsaturated/α-hetero) is 1. The smallest absolute Gasteiger partial charge is 0.337 e. The fraction of sp³-hybridized carbons (Fsp3) is 0.231. The summed E-state index contributed by atoms with van der Waals surface area (Å²) in [6.45, 7) is 3.74. The number of nitrogens with one attached hydrogen (secondary N) is 1.